The summed E-state index contributed by atoms with van der Waals surface area (Å²) in [6.45, 7) is 17.1. The van der Waals surface area contributed by atoms with Crippen molar-refractivity contribution in [2.75, 3.05) is 26.3 Å². The van der Waals surface area contributed by atoms with Crippen LogP contribution >= 0.6 is 12.1 Å². The molecular weight excluding hydrogens is 347 g/mol. The highest BCUT2D eigenvalue weighted by Crippen LogP contribution is 2.36. The van der Waals surface area contributed by atoms with Gasteiger partial charge in [-0.25, -0.2) is 9.03 Å². The maximum absolute atomic E-state index is 6.20. The first-order valence-electron chi connectivity index (χ1n) is 9.38. The van der Waals surface area contributed by atoms with Gasteiger partial charge in [-0.05, 0) is 63.7 Å². The van der Waals surface area contributed by atoms with E-state index in [2.05, 4.69) is 62.7 Å². The zero-order valence-corrected chi connectivity index (χ0v) is 17.7. The maximum Gasteiger partial charge on any atom is 0.494 e. The van der Waals surface area contributed by atoms with Crippen LogP contribution in [0, 0.1) is 13.8 Å². The van der Waals surface area contributed by atoms with E-state index in [0.717, 1.165) is 38.3 Å². The van der Waals surface area contributed by atoms with Gasteiger partial charge in [-0.15, -0.1) is 0 Å². The smallest absolute Gasteiger partial charge is 0.399 e. The van der Waals surface area contributed by atoms with Gasteiger partial charge in [0.15, 0.2) is 0 Å². The molecule has 0 bridgehead atoms. The maximum atomic E-state index is 6.20. The molecule has 0 saturated carbocycles. The Bertz CT molecular complexity index is 609. The third-order valence-electron chi connectivity index (χ3n) is 5.66. The molecule has 1 N–H and O–H groups in total. The molecule has 2 heterocycles. The summed E-state index contributed by atoms with van der Waals surface area (Å²) in [7, 11) is -0.304. The Morgan fingerprint density at radius 3 is 2.12 bits per heavy atom. The van der Waals surface area contributed by atoms with E-state index in [1.807, 2.05) is 0 Å². The molecule has 0 unspecified atom stereocenters. The van der Waals surface area contributed by atoms with Gasteiger partial charge < -0.3 is 14.0 Å². The Labute approximate surface area is 162 Å². The summed E-state index contributed by atoms with van der Waals surface area (Å²) in [6.07, 6.45) is 0. The summed E-state index contributed by atoms with van der Waals surface area (Å²) < 4.78 is 23.6. The number of rotatable bonds is 5. The highest BCUT2D eigenvalue weighted by molar-refractivity contribution is 7.95. The number of hydrogen-bond acceptors (Lipinski definition) is 6. The molecule has 0 atom stereocenters. The highest BCUT2D eigenvalue weighted by atomic mass is 32.2. The van der Waals surface area contributed by atoms with Gasteiger partial charge >= 0.3 is 7.12 Å². The molecule has 2 saturated heterocycles. The minimum absolute atomic E-state index is 0.304. The van der Waals surface area contributed by atoms with Crippen molar-refractivity contribution in [3.63, 3.8) is 0 Å². The molecule has 1 aromatic rings. The average Bonchev–Trinajstić information content (AvgIpc) is 2.79. The van der Waals surface area contributed by atoms with Crippen LogP contribution in [0.25, 0.3) is 0 Å². The second kappa shape index (κ2) is 7.82. The van der Waals surface area contributed by atoms with E-state index in [1.165, 1.54) is 16.7 Å². The first-order valence-corrected chi connectivity index (χ1v) is 10.2. The van der Waals surface area contributed by atoms with Crippen molar-refractivity contribution >= 4 is 24.7 Å². The molecule has 0 amide bonds. The van der Waals surface area contributed by atoms with Crippen LogP contribution in [-0.2, 0) is 20.6 Å². The molecule has 2 aliphatic heterocycles. The van der Waals surface area contributed by atoms with Crippen molar-refractivity contribution in [1.82, 2.24) is 9.03 Å². The van der Waals surface area contributed by atoms with E-state index >= 15 is 0 Å². The lowest BCUT2D eigenvalue weighted by molar-refractivity contribution is 0.00578. The molecule has 5 nitrogen and oxygen atoms in total. The molecular formula is C19H31BN2O3S. The first-order chi connectivity index (χ1) is 12.2. The van der Waals surface area contributed by atoms with Gasteiger partial charge in [0.2, 0.25) is 0 Å². The topological polar surface area (TPSA) is 43.0 Å². The van der Waals surface area contributed by atoms with Gasteiger partial charge in [0.1, 0.15) is 0 Å². The first kappa shape index (κ1) is 20.2. The fourth-order valence-electron chi connectivity index (χ4n) is 3.25. The normalized spacial score (nSPS) is 22.8. The number of hydrogen-bond donors (Lipinski definition) is 1. The average molecular weight is 378 g/mol. The molecule has 0 spiro atoms. The van der Waals surface area contributed by atoms with Gasteiger partial charge in [-0.3, -0.25) is 0 Å². The molecule has 7 heteroatoms. The van der Waals surface area contributed by atoms with Crippen LogP contribution in [0.15, 0.2) is 12.1 Å². The molecule has 0 aromatic heterocycles. The summed E-state index contributed by atoms with van der Waals surface area (Å²) in [5.41, 5.74) is 4.35. The van der Waals surface area contributed by atoms with Crippen LogP contribution in [-0.4, -0.2) is 48.9 Å². The minimum atomic E-state index is -0.311. The quantitative estimate of drug-likeness (QED) is 0.628. The van der Waals surface area contributed by atoms with Crippen molar-refractivity contribution in [3.05, 3.63) is 28.8 Å². The number of nitrogens with zero attached hydrogens (tertiary/aromatic N) is 1. The second-order valence-electron chi connectivity index (χ2n) is 8.18. The molecule has 26 heavy (non-hydrogen) atoms. The third-order valence-corrected chi connectivity index (χ3v) is 6.55. The van der Waals surface area contributed by atoms with Gasteiger partial charge in [0, 0.05) is 31.8 Å². The van der Waals surface area contributed by atoms with Gasteiger partial charge in [0.25, 0.3) is 0 Å². The molecule has 3 rings (SSSR count). The number of benzene rings is 1. The SMILES string of the molecule is Cc1cc(B2OC(C)(C)C(C)(C)O2)cc(C)c1CNSN1CCOCC1. The second-order valence-corrected chi connectivity index (χ2v) is 9.16. The predicted molar refractivity (Wildman–Crippen MR) is 108 cm³/mol. The van der Waals surface area contributed by atoms with Crippen molar-refractivity contribution in [1.29, 1.82) is 0 Å². The summed E-state index contributed by atoms with van der Waals surface area (Å²) in [5.74, 6) is 0. The summed E-state index contributed by atoms with van der Waals surface area (Å²) in [6, 6.07) is 4.40. The predicted octanol–water partition coefficient (Wildman–Crippen LogP) is 2.59. The molecule has 2 fully saturated rings. The van der Waals surface area contributed by atoms with Crippen LogP contribution < -0.4 is 10.2 Å². The Kier molecular flexibility index (Phi) is 6.07. The lowest BCUT2D eigenvalue weighted by atomic mass is 9.76. The van der Waals surface area contributed by atoms with Crippen molar-refractivity contribution in [3.8, 4) is 0 Å². The Balaban J connectivity index is 1.65. The number of aryl methyl sites for hydroxylation is 2. The van der Waals surface area contributed by atoms with Gasteiger partial charge in [-0.2, -0.15) is 0 Å². The van der Waals surface area contributed by atoms with Crippen molar-refractivity contribution < 1.29 is 14.0 Å². The fraction of sp³-hybridized carbons (Fsp3) is 0.684. The van der Waals surface area contributed by atoms with E-state index in [-0.39, 0.29) is 18.3 Å². The fourth-order valence-corrected chi connectivity index (χ4v) is 3.98. The van der Waals surface area contributed by atoms with Crippen LogP contribution in [0.1, 0.15) is 44.4 Å². The minimum Gasteiger partial charge on any atom is -0.399 e. The molecule has 1 aromatic carbocycles. The molecule has 0 radical (unpaired) electrons. The van der Waals surface area contributed by atoms with E-state index < -0.39 is 0 Å². The molecule has 2 aliphatic rings. The third kappa shape index (κ3) is 4.29. The Morgan fingerprint density at radius 1 is 1.04 bits per heavy atom. The number of nitrogens with one attached hydrogen (secondary N) is 1. The summed E-state index contributed by atoms with van der Waals surface area (Å²) in [4.78, 5) is 0. The number of morpholine rings is 1. The largest absolute Gasteiger partial charge is 0.494 e. The van der Waals surface area contributed by atoms with E-state index in [4.69, 9.17) is 14.0 Å². The summed E-state index contributed by atoms with van der Waals surface area (Å²) >= 11 is 1.69. The lowest BCUT2D eigenvalue weighted by Crippen LogP contribution is -2.41. The van der Waals surface area contributed by atoms with Crippen LogP contribution in [0.2, 0.25) is 0 Å². The summed E-state index contributed by atoms with van der Waals surface area (Å²) in [5, 5.41) is 0. The molecule has 144 valence electrons. The zero-order chi connectivity index (χ0) is 18.9. The van der Waals surface area contributed by atoms with E-state index in [9.17, 15) is 0 Å². The molecule has 0 aliphatic carbocycles. The van der Waals surface area contributed by atoms with Crippen molar-refractivity contribution in [2.24, 2.45) is 0 Å². The van der Waals surface area contributed by atoms with Crippen LogP contribution in [0.4, 0.5) is 0 Å². The van der Waals surface area contributed by atoms with E-state index in [1.54, 1.807) is 12.1 Å². The monoisotopic (exact) mass is 378 g/mol. The van der Waals surface area contributed by atoms with Crippen LogP contribution in [0.3, 0.4) is 0 Å². The van der Waals surface area contributed by atoms with Crippen molar-refractivity contribution in [2.45, 2.75) is 59.3 Å². The Hall–Kier alpha value is -0.565. The standard InChI is InChI=1S/C19H31BN2O3S/c1-14-11-16(20-24-18(3,4)19(5,6)25-20)12-15(2)17(14)13-21-26-22-7-9-23-10-8-22/h11-12,21H,7-10,13H2,1-6H3. The number of ether oxygens (including phenoxy) is 1. The van der Waals surface area contributed by atoms with Gasteiger partial charge in [-0.1, -0.05) is 12.1 Å². The lowest BCUT2D eigenvalue weighted by Gasteiger charge is -2.32. The highest BCUT2D eigenvalue weighted by Gasteiger charge is 2.51. The Morgan fingerprint density at radius 2 is 1.58 bits per heavy atom. The van der Waals surface area contributed by atoms with Gasteiger partial charge in [0.05, 0.1) is 24.4 Å². The van der Waals surface area contributed by atoms with E-state index in [0.29, 0.717) is 0 Å². The zero-order valence-electron chi connectivity index (χ0n) is 16.8. The van der Waals surface area contributed by atoms with Crippen LogP contribution in [0.5, 0.6) is 0 Å².